The molecule has 1 aromatic carbocycles. The average molecular weight is 345 g/mol. The first-order valence-corrected chi connectivity index (χ1v) is 8.08. The summed E-state index contributed by atoms with van der Waals surface area (Å²) in [6.45, 7) is 3.51. The number of aryl methyl sites for hydroxylation is 1. The minimum Gasteiger partial charge on any atom is -0.321 e. The zero-order valence-corrected chi connectivity index (χ0v) is 13.9. The summed E-state index contributed by atoms with van der Waals surface area (Å²) in [4.78, 5) is 36.2. The Kier molecular flexibility index (Phi) is 4.02. The van der Waals surface area contributed by atoms with E-state index in [1.54, 1.807) is 31.2 Å². The van der Waals surface area contributed by atoms with Gasteiger partial charge in [0, 0.05) is 5.69 Å². The number of hydrogen-bond acceptors (Lipinski definition) is 6. The van der Waals surface area contributed by atoms with Crippen LogP contribution in [0.2, 0.25) is 0 Å². The van der Waals surface area contributed by atoms with Gasteiger partial charge in [-0.15, -0.1) is 5.10 Å². The fraction of sp³-hybridized carbons (Fsp3) is 0.267. The molecule has 1 saturated heterocycles. The van der Waals surface area contributed by atoms with Crippen LogP contribution in [0.15, 0.2) is 24.3 Å². The van der Waals surface area contributed by atoms with E-state index in [2.05, 4.69) is 25.5 Å². The van der Waals surface area contributed by atoms with Gasteiger partial charge in [-0.05, 0) is 42.6 Å². The van der Waals surface area contributed by atoms with Gasteiger partial charge < -0.3 is 10.6 Å². The lowest BCUT2D eigenvalue weighted by Gasteiger charge is -2.21. The molecule has 9 heteroatoms. The normalized spacial score (nSPS) is 19.8. The quantitative estimate of drug-likeness (QED) is 0.725. The van der Waals surface area contributed by atoms with E-state index < -0.39 is 17.5 Å². The zero-order valence-electron chi connectivity index (χ0n) is 13.0. The van der Waals surface area contributed by atoms with Gasteiger partial charge in [0.2, 0.25) is 0 Å². The van der Waals surface area contributed by atoms with Crippen molar-refractivity contribution in [2.45, 2.75) is 25.8 Å². The number of carbonyl (C=O) groups is 3. The maximum Gasteiger partial charge on any atom is 0.322 e. The van der Waals surface area contributed by atoms with E-state index in [1.807, 2.05) is 6.92 Å². The third-order valence-electron chi connectivity index (χ3n) is 3.84. The van der Waals surface area contributed by atoms with Gasteiger partial charge in [0.05, 0.1) is 5.69 Å². The highest BCUT2D eigenvalue weighted by molar-refractivity contribution is 7.08. The third-order valence-corrected chi connectivity index (χ3v) is 4.61. The minimum atomic E-state index is -1.17. The fourth-order valence-corrected chi connectivity index (χ4v) is 3.10. The molecule has 1 aliphatic rings. The van der Waals surface area contributed by atoms with Gasteiger partial charge in [-0.25, -0.2) is 4.79 Å². The molecule has 3 N–H and O–H groups in total. The Bertz CT molecular complexity index is 834. The molecular weight excluding hydrogens is 330 g/mol. The van der Waals surface area contributed by atoms with Crippen LogP contribution in [-0.2, 0) is 16.8 Å². The molecule has 0 aliphatic carbocycles. The topological polar surface area (TPSA) is 113 Å². The van der Waals surface area contributed by atoms with E-state index in [-0.39, 0.29) is 5.91 Å². The van der Waals surface area contributed by atoms with Crippen LogP contribution in [0.1, 0.15) is 34.8 Å². The first kappa shape index (κ1) is 16.1. The number of rotatable bonds is 4. The van der Waals surface area contributed by atoms with Crippen LogP contribution in [-0.4, -0.2) is 27.4 Å². The molecule has 8 nitrogen and oxygen atoms in total. The Morgan fingerprint density at radius 2 is 2.17 bits per heavy atom. The van der Waals surface area contributed by atoms with Crippen LogP contribution in [0.3, 0.4) is 0 Å². The highest BCUT2D eigenvalue weighted by Gasteiger charge is 2.43. The summed E-state index contributed by atoms with van der Waals surface area (Å²) in [7, 11) is 0. The highest BCUT2D eigenvalue weighted by Crippen LogP contribution is 2.27. The molecule has 1 fully saturated rings. The van der Waals surface area contributed by atoms with Gasteiger partial charge in [-0.3, -0.25) is 14.9 Å². The molecule has 4 amide bonds. The van der Waals surface area contributed by atoms with Crippen LogP contribution >= 0.6 is 11.5 Å². The number of aromatic nitrogens is 2. The lowest BCUT2D eigenvalue weighted by molar-refractivity contribution is -0.123. The van der Waals surface area contributed by atoms with Crippen molar-refractivity contribution in [3.63, 3.8) is 0 Å². The molecule has 2 aromatic rings. The third kappa shape index (κ3) is 2.73. The average Bonchev–Trinajstić information content (AvgIpc) is 3.12. The lowest BCUT2D eigenvalue weighted by Crippen LogP contribution is -2.40. The number of anilines is 1. The largest absolute Gasteiger partial charge is 0.322 e. The summed E-state index contributed by atoms with van der Waals surface area (Å²) in [6.07, 6.45) is 0.615. The molecular formula is C15H15N5O3S. The summed E-state index contributed by atoms with van der Waals surface area (Å²) in [5.74, 6) is -0.736. The Morgan fingerprint density at radius 1 is 1.38 bits per heavy atom. The maximum atomic E-state index is 12.4. The molecule has 2 heterocycles. The van der Waals surface area contributed by atoms with Crippen molar-refractivity contribution in [2.24, 2.45) is 0 Å². The van der Waals surface area contributed by atoms with Gasteiger partial charge in [0.15, 0.2) is 0 Å². The van der Waals surface area contributed by atoms with Crippen molar-refractivity contribution < 1.29 is 14.4 Å². The van der Waals surface area contributed by atoms with Crippen molar-refractivity contribution in [3.8, 4) is 0 Å². The van der Waals surface area contributed by atoms with E-state index in [0.717, 1.165) is 11.5 Å². The molecule has 3 rings (SSSR count). The second-order valence-corrected chi connectivity index (χ2v) is 6.22. The number of amides is 4. The van der Waals surface area contributed by atoms with Gasteiger partial charge in [-0.2, -0.15) is 0 Å². The predicted octanol–water partition coefficient (Wildman–Crippen LogP) is 1.41. The Morgan fingerprint density at radius 3 is 2.83 bits per heavy atom. The first-order chi connectivity index (χ1) is 11.4. The summed E-state index contributed by atoms with van der Waals surface area (Å²) >= 11 is 1.04. The number of nitrogens with one attached hydrogen (secondary N) is 3. The zero-order chi connectivity index (χ0) is 17.3. The van der Waals surface area contributed by atoms with Crippen LogP contribution in [0.4, 0.5) is 10.5 Å². The summed E-state index contributed by atoms with van der Waals surface area (Å²) in [5, 5.41) is 11.5. The Balaban J connectivity index is 1.85. The molecule has 0 saturated carbocycles. The molecule has 24 heavy (non-hydrogen) atoms. The van der Waals surface area contributed by atoms with Crippen molar-refractivity contribution >= 4 is 35.1 Å². The molecule has 1 aromatic heterocycles. The fourth-order valence-electron chi connectivity index (χ4n) is 2.45. The van der Waals surface area contributed by atoms with Gasteiger partial charge in [0.25, 0.3) is 11.8 Å². The van der Waals surface area contributed by atoms with Gasteiger partial charge in [0.1, 0.15) is 10.4 Å². The van der Waals surface area contributed by atoms with E-state index >= 15 is 0 Å². The number of urea groups is 1. The lowest BCUT2D eigenvalue weighted by atomic mass is 9.92. The predicted molar refractivity (Wildman–Crippen MR) is 87.7 cm³/mol. The van der Waals surface area contributed by atoms with E-state index in [4.69, 9.17) is 0 Å². The number of hydrogen-bond donors (Lipinski definition) is 3. The van der Waals surface area contributed by atoms with Crippen LogP contribution in [0.5, 0.6) is 0 Å². The van der Waals surface area contributed by atoms with E-state index in [1.165, 1.54) is 0 Å². The van der Waals surface area contributed by atoms with E-state index in [0.29, 0.717) is 28.2 Å². The Labute approximate surface area is 141 Å². The monoisotopic (exact) mass is 345 g/mol. The van der Waals surface area contributed by atoms with Crippen molar-refractivity contribution in [2.75, 3.05) is 5.32 Å². The number of imide groups is 1. The second-order valence-electron chi connectivity index (χ2n) is 5.47. The second kappa shape index (κ2) is 6.00. The number of carbonyl (C=O) groups excluding carboxylic acids is 3. The summed E-state index contributed by atoms with van der Waals surface area (Å²) in [6, 6.07) is 6.25. The molecule has 0 unspecified atom stereocenters. The van der Waals surface area contributed by atoms with E-state index in [9.17, 15) is 14.4 Å². The molecule has 1 atom stereocenters. The van der Waals surface area contributed by atoms with Crippen LogP contribution < -0.4 is 16.0 Å². The maximum absolute atomic E-state index is 12.4. The SMILES string of the molecule is CCc1nnsc1C(=O)Nc1cccc([C@]2(C)NC(=O)NC2=O)c1. The summed E-state index contributed by atoms with van der Waals surface area (Å²) in [5.41, 5.74) is 0.561. The highest BCUT2D eigenvalue weighted by atomic mass is 32.1. The van der Waals surface area contributed by atoms with Gasteiger partial charge in [-0.1, -0.05) is 23.5 Å². The standard InChI is InChI=1S/C15H15N5O3S/c1-3-10-11(24-20-19-10)12(21)16-9-6-4-5-8(7-9)15(2)13(22)17-14(23)18-15/h4-7H,3H2,1-2H3,(H,16,21)(H2,17,18,22,23)/t15-/m0/s1. The van der Waals surface area contributed by atoms with Crippen molar-refractivity contribution in [1.82, 2.24) is 20.2 Å². The molecule has 1 aliphatic heterocycles. The molecule has 0 spiro atoms. The molecule has 0 radical (unpaired) electrons. The van der Waals surface area contributed by atoms with Crippen molar-refractivity contribution in [3.05, 3.63) is 40.4 Å². The van der Waals surface area contributed by atoms with Gasteiger partial charge >= 0.3 is 6.03 Å². The smallest absolute Gasteiger partial charge is 0.321 e. The van der Waals surface area contributed by atoms with Crippen LogP contribution in [0.25, 0.3) is 0 Å². The summed E-state index contributed by atoms with van der Waals surface area (Å²) < 4.78 is 3.80. The number of nitrogens with zero attached hydrogens (tertiary/aromatic N) is 2. The molecule has 0 bridgehead atoms. The molecule has 124 valence electrons. The Hall–Kier alpha value is -2.81. The minimum absolute atomic E-state index is 0.302. The van der Waals surface area contributed by atoms with Crippen molar-refractivity contribution in [1.29, 1.82) is 0 Å². The number of benzene rings is 1. The van der Waals surface area contributed by atoms with Crippen LogP contribution in [0, 0.1) is 0 Å². The first-order valence-electron chi connectivity index (χ1n) is 7.30.